The van der Waals surface area contributed by atoms with Crippen molar-refractivity contribution in [1.82, 2.24) is 13.7 Å². The molecule has 3 heterocycles. The zero-order valence-corrected chi connectivity index (χ0v) is 47.9. The average molecular weight is 1030 g/mol. The van der Waals surface area contributed by atoms with Crippen LogP contribution in [0, 0.1) is 34.6 Å². The van der Waals surface area contributed by atoms with E-state index in [0.29, 0.717) is 0 Å². The van der Waals surface area contributed by atoms with E-state index in [2.05, 4.69) is 232 Å². The van der Waals surface area contributed by atoms with Crippen molar-refractivity contribution in [3.63, 3.8) is 0 Å². The van der Waals surface area contributed by atoms with Crippen molar-refractivity contribution in [3.05, 3.63) is 209 Å². The molecule has 79 heavy (non-hydrogen) atoms. The highest BCUT2D eigenvalue weighted by atomic mass is 15.0. The number of hydrogen-bond acceptors (Lipinski definition) is 0. The Kier molecular flexibility index (Phi) is 13.4. The molecule has 13 rings (SSSR count). The van der Waals surface area contributed by atoms with Gasteiger partial charge < -0.3 is 13.7 Å². The van der Waals surface area contributed by atoms with Crippen molar-refractivity contribution in [3.8, 4) is 39.3 Å². The molecule has 0 N–H and O–H groups in total. The summed E-state index contributed by atoms with van der Waals surface area (Å²) >= 11 is 0. The van der Waals surface area contributed by atoms with E-state index in [9.17, 15) is 0 Å². The first-order chi connectivity index (χ1) is 38.6. The van der Waals surface area contributed by atoms with Gasteiger partial charge in [0.05, 0.1) is 33.1 Å². The lowest BCUT2D eigenvalue weighted by Gasteiger charge is -2.33. The maximum Gasteiger partial charge on any atom is 0.0542 e. The smallest absolute Gasteiger partial charge is 0.0542 e. The summed E-state index contributed by atoms with van der Waals surface area (Å²) < 4.78 is 7.46. The molecule has 3 heteroatoms. The van der Waals surface area contributed by atoms with Gasteiger partial charge in [0.2, 0.25) is 0 Å². The van der Waals surface area contributed by atoms with Crippen LogP contribution in [0.2, 0.25) is 0 Å². The zero-order valence-electron chi connectivity index (χ0n) is 47.9. The number of benzene rings is 9. The van der Waals surface area contributed by atoms with Crippen molar-refractivity contribution in [2.45, 2.75) is 144 Å². The molecule has 12 aromatic rings. The Morgan fingerprint density at radius 2 is 0.608 bits per heavy atom. The Morgan fingerprint density at radius 1 is 0.278 bits per heavy atom. The molecule has 0 saturated heterocycles. The van der Waals surface area contributed by atoms with Crippen molar-refractivity contribution in [1.29, 1.82) is 0 Å². The first-order valence-electron chi connectivity index (χ1n) is 30.1. The van der Waals surface area contributed by atoms with Crippen LogP contribution < -0.4 is 0 Å². The van der Waals surface area contributed by atoms with Gasteiger partial charge in [-0.3, -0.25) is 0 Å². The number of aromatic nitrogens is 3. The van der Waals surface area contributed by atoms with E-state index in [-0.39, 0.29) is 5.41 Å². The molecule has 0 saturated carbocycles. The molecule has 0 aliphatic heterocycles. The molecule has 0 fully saturated rings. The lowest BCUT2D eigenvalue weighted by Crippen LogP contribution is -2.25. The Morgan fingerprint density at radius 3 is 1.11 bits per heavy atom. The summed E-state index contributed by atoms with van der Waals surface area (Å²) in [6.07, 6.45) is 18.3. The van der Waals surface area contributed by atoms with Crippen molar-refractivity contribution in [2.24, 2.45) is 0 Å². The molecule has 0 amide bonds. The summed E-state index contributed by atoms with van der Waals surface area (Å²) in [5.41, 5.74) is 26.0. The quantitative estimate of drug-likeness (QED) is 0.0761. The van der Waals surface area contributed by atoms with Crippen LogP contribution in [0.4, 0.5) is 0 Å². The second-order valence-electron chi connectivity index (χ2n) is 24.0. The summed E-state index contributed by atoms with van der Waals surface area (Å²) in [5, 5.41) is 7.65. The molecule has 1 aliphatic rings. The third kappa shape index (κ3) is 8.89. The minimum Gasteiger partial charge on any atom is -0.309 e. The molecule has 0 atom stereocenters. The number of hydrogen-bond donors (Lipinski definition) is 0. The second-order valence-corrected chi connectivity index (χ2v) is 24.0. The number of nitrogens with zero attached hydrogens (tertiary/aromatic N) is 3. The van der Waals surface area contributed by atoms with Crippen LogP contribution in [-0.2, 0) is 5.41 Å². The van der Waals surface area contributed by atoms with Gasteiger partial charge >= 0.3 is 0 Å². The Hall–Kier alpha value is -7.62. The molecule has 9 aromatic carbocycles. The van der Waals surface area contributed by atoms with Crippen LogP contribution in [0.15, 0.2) is 170 Å². The number of rotatable bonds is 18. The predicted molar refractivity (Wildman–Crippen MR) is 341 cm³/mol. The third-order valence-corrected chi connectivity index (χ3v) is 18.3. The fraction of sp³-hybridized carbons (Fsp3) is 0.289. The molecule has 0 bridgehead atoms. The van der Waals surface area contributed by atoms with Crippen LogP contribution in [0.5, 0.6) is 0 Å². The van der Waals surface area contributed by atoms with Crippen LogP contribution in [0.25, 0.3) is 105 Å². The van der Waals surface area contributed by atoms with Gasteiger partial charge in [-0.15, -0.1) is 0 Å². The Balaban J connectivity index is 0.952. The van der Waals surface area contributed by atoms with Gasteiger partial charge in [-0.1, -0.05) is 185 Å². The third-order valence-electron chi connectivity index (χ3n) is 18.3. The lowest BCUT2D eigenvalue weighted by atomic mass is 9.70. The molecular formula is C76H77N3. The highest BCUT2D eigenvalue weighted by molar-refractivity contribution is 6.14. The highest BCUT2D eigenvalue weighted by Crippen LogP contribution is 2.55. The summed E-state index contributed by atoms with van der Waals surface area (Å²) in [4.78, 5) is 0. The van der Waals surface area contributed by atoms with Gasteiger partial charge in [-0.2, -0.15) is 0 Å². The van der Waals surface area contributed by atoms with Gasteiger partial charge in [-0.25, -0.2) is 0 Å². The predicted octanol–water partition coefficient (Wildman–Crippen LogP) is 22.0. The number of aryl methyl sites for hydroxylation is 5. The molecule has 0 spiro atoms. The topological polar surface area (TPSA) is 14.8 Å². The summed E-state index contributed by atoms with van der Waals surface area (Å²) in [7, 11) is 0. The molecule has 396 valence electrons. The SMILES string of the molecule is CCCCCCCCC1(CCCCCCCC)c2cc(C)ccc2-c2ccc(-c3ccc4c(c3)c3cc(C)ccc3n4-c3ccc4c(c3)c3cc(-n5c6ccc(C)cc6c6cc(C)ccc65)ccc3n4-c3ccc(C)cc3)cc21. The maximum absolute atomic E-state index is 2.64. The monoisotopic (exact) mass is 1030 g/mol. The van der Waals surface area contributed by atoms with Crippen LogP contribution >= 0.6 is 0 Å². The molecule has 0 radical (unpaired) electrons. The van der Waals surface area contributed by atoms with E-state index in [4.69, 9.17) is 0 Å². The van der Waals surface area contributed by atoms with Crippen LogP contribution in [0.3, 0.4) is 0 Å². The maximum atomic E-state index is 2.64. The van der Waals surface area contributed by atoms with E-state index in [1.165, 1.54) is 222 Å². The summed E-state index contributed by atoms with van der Waals surface area (Å²) in [6, 6.07) is 66.4. The van der Waals surface area contributed by atoms with E-state index < -0.39 is 0 Å². The first kappa shape index (κ1) is 50.9. The Bertz CT molecular complexity index is 4210. The fourth-order valence-corrected chi connectivity index (χ4v) is 14.2. The number of fused-ring (bicyclic) bond motifs is 12. The first-order valence-corrected chi connectivity index (χ1v) is 30.1. The second kappa shape index (κ2) is 20.9. The van der Waals surface area contributed by atoms with E-state index >= 15 is 0 Å². The standard InChI is InChI=1S/C76H77N3/c1-8-10-12-14-16-18-40-76(41-19-17-15-13-11-9-2)68-45-54(7)22-32-60(68)61-33-26-56(47-69(61)76)55-27-37-73-65(46-55)64-44-53(6)25-36-72(64)79(73)59-31-39-75-67(49-59)66-48-58(30-38-74(66)77(75)57-28-20-50(3)21-29-57)78-70-34-23-51(4)42-62(70)63-43-52(5)24-35-71(63)78/h20-39,42-49H,8-19,40-41H2,1-7H3. The summed E-state index contributed by atoms with van der Waals surface area (Å²) in [5.74, 6) is 0. The normalized spacial score (nSPS) is 13.1. The summed E-state index contributed by atoms with van der Waals surface area (Å²) in [6.45, 7) is 15.8. The van der Waals surface area contributed by atoms with Gasteiger partial charge in [0.25, 0.3) is 0 Å². The molecule has 1 aliphatic carbocycles. The fourth-order valence-electron chi connectivity index (χ4n) is 14.2. The average Bonchev–Trinajstić information content (AvgIpc) is 4.12. The zero-order chi connectivity index (χ0) is 53.9. The largest absolute Gasteiger partial charge is 0.309 e. The van der Waals surface area contributed by atoms with Crippen molar-refractivity contribution >= 4 is 65.4 Å². The van der Waals surface area contributed by atoms with Crippen molar-refractivity contribution < 1.29 is 0 Å². The van der Waals surface area contributed by atoms with Gasteiger partial charge in [0.15, 0.2) is 0 Å². The minimum absolute atomic E-state index is 0.0309. The lowest BCUT2D eigenvalue weighted by molar-refractivity contribution is 0.398. The molecule has 3 aromatic heterocycles. The minimum atomic E-state index is 0.0309. The van der Waals surface area contributed by atoms with E-state index in [1.807, 2.05) is 0 Å². The van der Waals surface area contributed by atoms with Gasteiger partial charge in [0.1, 0.15) is 0 Å². The van der Waals surface area contributed by atoms with Gasteiger partial charge in [-0.05, 0) is 184 Å². The number of unbranched alkanes of at least 4 members (excludes halogenated alkanes) is 10. The van der Waals surface area contributed by atoms with Crippen LogP contribution in [-0.4, -0.2) is 13.7 Å². The highest BCUT2D eigenvalue weighted by Gasteiger charge is 2.42. The van der Waals surface area contributed by atoms with E-state index in [1.54, 1.807) is 11.1 Å². The molecule has 0 unspecified atom stereocenters. The van der Waals surface area contributed by atoms with Crippen molar-refractivity contribution in [2.75, 3.05) is 0 Å². The van der Waals surface area contributed by atoms with E-state index in [0.717, 1.165) is 0 Å². The Labute approximate surface area is 468 Å². The molecular weight excluding hydrogens is 955 g/mol. The molecule has 3 nitrogen and oxygen atoms in total. The van der Waals surface area contributed by atoms with Gasteiger partial charge in [0, 0.05) is 54.8 Å². The van der Waals surface area contributed by atoms with Crippen LogP contribution in [0.1, 0.15) is 143 Å².